The van der Waals surface area contributed by atoms with Crippen LogP contribution in [0.1, 0.15) is 18.4 Å². The largest absolute Gasteiger partial charge is 0.492 e. The van der Waals surface area contributed by atoms with E-state index in [0.29, 0.717) is 12.7 Å². The van der Waals surface area contributed by atoms with Crippen LogP contribution in [0, 0.1) is 11.8 Å². The van der Waals surface area contributed by atoms with Crippen molar-refractivity contribution in [1.29, 1.82) is 0 Å². The summed E-state index contributed by atoms with van der Waals surface area (Å²) in [7, 11) is 1.79. The highest BCUT2D eigenvalue weighted by Crippen LogP contribution is 2.14. The molecule has 1 N–H and O–H groups in total. The van der Waals surface area contributed by atoms with Gasteiger partial charge in [-0.2, -0.15) is 0 Å². The summed E-state index contributed by atoms with van der Waals surface area (Å²) in [6.45, 7) is 3.63. The first kappa shape index (κ1) is 15.8. The summed E-state index contributed by atoms with van der Waals surface area (Å²) in [5.41, 5.74) is 0.863. The molecule has 1 aliphatic rings. The van der Waals surface area contributed by atoms with Crippen LogP contribution in [-0.2, 0) is 4.74 Å². The zero-order valence-corrected chi connectivity index (χ0v) is 12.5. The van der Waals surface area contributed by atoms with Gasteiger partial charge in [-0.3, -0.25) is 4.90 Å². The zero-order valence-electron chi connectivity index (χ0n) is 12.5. The molecule has 114 valence electrons. The van der Waals surface area contributed by atoms with Crippen LogP contribution < -0.4 is 4.74 Å². The van der Waals surface area contributed by atoms with Gasteiger partial charge in [0, 0.05) is 32.3 Å². The number of piperidine rings is 1. The van der Waals surface area contributed by atoms with Crippen molar-refractivity contribution in [3.05, 3.63) is 29.8 Å². The lowest BCUT2D eigenvalue weighted by Crippen LogP contribution is -2.38. The Balaban J connectivity index is 1.73. The summed E-state index contributed by atoms with van der Waals surface area (Å²) in [5.74, 6) is 6.35. The number of aliphatic hydroxyl groups excluding tert-OH is 1. The Labute approximate surface area is 126 Å². The third-order valence-electron chi connectivity index (χ3n) is 3.69. The first-order chi connectivity index (χ1) is 10.3. The Hall–Kier alpha value is -1.54. The van der Waals surface area contributed by atoms with Gasteiger partial charge in [0.1, 0.15) is 19.0 Å². The van der Waals surface area contributed by atoms with Crippen LogP contribution in [0.25, 0.3) is 0 Å². The molecule has 1 aromatic carbocycles. The highest BCUT2D eigenvalue weighted by molar-refractivity contribution is 5.39. The Bertz CT molecular complexity index is 484. The van der Waals surface area contributed by atoms with E-state index in [1.165, 1.54) is 0 Å². The van der Waals surface area contributed by atoms with Crippen LogP contribution in [0.4, 0.5) is 0 Å². The lowest BCUT2D eigenvalue weighted by atomic mass is 10.1. The van der Waals surface area contributed by atoms with E-state index in [4.69, 9.17) is 14.6 Å². The quantitative estimate of drug-likeness (QED) is 0.835. The minimum absolute atomic E-state index is 0.123. The van der Waals surface area contributed by atoms with E-state index in [2.05, 4.69) is 16.7 Å². The molecular formula is C17H23NO3. The third-order valence-corrected chi connectivity index (χ3v) is 3.69. The Morgan fingerprint density at radius 2 is 2.14 bits per heavy atom. The lowest BCUT2D eigenvalue weighted by molar-refractivity contribution is 0.0375. The maximum atomic E-state index is 8.70. The zero-order chi connectivity index (χ0) is 14.9. The van der Waals surface area contributed by atoms with E-state index in [1.807, 2.05) is 24.3 Å². The van der Waals surface area contributed by atoms with Gasteiger partial charge in [0.05, 0.1) is 6.10 Å². The number of ether oxygens (including phenoxy) is 2. The van der Waals surface area contributed by atoms with Gasteiger partial charge in [0.2, 0.25) is 0 Å². The monoisotopic (exact) mass is 289 g/mol. The van der Waals surface area contributed by atoms with E-state index >= 15 is 0 Å². The summed E-state index contributed by atoms with van der Waals surface area (Å²) < 4.78 is 11.1. The SMILES string of the molecule is COC1CCN(CCOc2cccc(C#CCO)c2)CC1. The van der Waals surface area contributed by atoms with E-state index < -0.39 is 0 Å². The van der Waals surface area contributed by atoms with Gasteiger partial charge in [-0.1, -0.05) is 17.9 Å². The molecule has 1 aliphatic heterocycles. The van der Waals surface area contributed by atoms with Crippen molar-refractivity contribution in [3.63, 3.8) is 0 Å². The highest BCUT2D eigenvalue weighted by Gasteiger charge is 2.18. The highest BCUT2D eigenvalue weighted by atomic mass is 16.5. The van der Waals surface area contributed by atoms with Crippen molar-refractivity contribution < 1.29 is 14.6 Å². The van der Waals surface area contributed by atoms with E-state index in [1.54, 1.807) is 7.11 Å². The molecule has 0 saturated carbocycles. The molecule has 0 amide bonds. The normalized spacial score (nSPS) is 16.3. The molecule has 21 heavy (non-hydrogen) atoms. The minimum Gasteiger partial charge on any atom is -0.492 e. The molecule has 1 heterocycles. The van der Waals surface area contributed by atoms with Crippen LogP contribution in [0.5, 0.6) is 5.75 Å². The van der Waals surface area contributed by atoms with Gasteiger partial charge in [-0.15, -0.1) is 0 Å². The molecule has 0 radical (unpaired) electrons. The third kappa shape index (κ3) is 5.39. The van der Waals surface area contributed by atoms with Gasteiger partial charge >= 0.3 is 0 Å². The molecule has 1 aromatic rings. The number of benzene rings is 1. The van der Waals surface area contributed by atoms with Gasteiger partial charge in [-0.25, -0.2) is 0 Å². The number of likely N-dealkylation sites (tertiary alicyclic amines) is 1. The summed E-state index contributed by atoms with van der Waals surface area (Å²) in [4.78, 5) is 2.41. The van der Waals surface area contributed by atoms with E-state index in [9.17, 15) is 0 Å². The van der Waals surface area contributed by atoms with Crippen molar-refractivity contribution in [2.75, 3.05) is 40.0 Å². The standard InChI is InChI=1S/C17H23NO3/c1-20-16-7-9-18(10-8-16)11-13-21-17-6-2-4-15(14-17)5-3-12-19/h2,4,6,14,16,19H,7-13H2,1H3. The van der Waals surface area contributed by atoms with Crippen molar-refractivity contribution in [2.45, 2.75) is 18.9 Å². The molecule has 4 nitrogen and oxygen atoms in total. The van der Waals surface area contributed by atoms with Crippen LogP contribution in [-0.4, -0.2) is 56.1 Å². The van der Waals surface area contributed by atoms with Crippen molar-refractivity contribution >= 4 is 0 Å². The maximum Gasteiger partial charge on any atom is 0.120 e. The first-order valence-corrected chi connectivity index (χ1v) is 7.39. The Morgan fingerprint density at radius 1 is 1.33 bits per heavy atom. The van der Waals surface area contributed by atoms with Crippen molar-refractivity contribution in [1.82, 2.24) is 4.90 Å². The predicted molar refractivity (Wildman–Crippen MR) is 82.4 cm³/mol. The van der Waals surface area contributed by atoms with E-state index in [-0.39, 0.29) is 6.61 Å². The summed E-state index contributed by atoms with van der Waals surface area (Å²) in [6.07, 6.45) is 2.62. The minimum atomic E-state index is -0.123. The smallest absolute Gasteiger partial charge is 0.120 e. The topological polar surface area (TPSA) is 41.9 Å². The number of hydrogen-bond acceptors (Lipinski definition) is 4. The van der Waals surface area contributed by atoms with Crippen LogP contribution >= 0.6 is 0 Å². The molecule has 1 fully saturated rings. The molecule has 2 rings (SSSR count). The molecule has 0 bridgehead atoms. The van der Waals surface area contributed by atoms with Gasteiger partial charge in [0.25, 0.3) is 0 Å². The average molecular weight is 289 g/mol. The van der Waals surface area contributed by atoms with Gasteiger partial charge in [0.15, 0.2) is 0 Å². The fraction of sp³-hybridized carbons (Fsp3) is 0.529. The molecule has 1 saturated heterocycles. The van der Waals surface area contributed by atoms with Crippen molar-refractivity contribution in [3.8, 4) is 17.6 Å². The molecule has 4 heteroatoms. The second-order valence-electron chi connectivity index (χ2n) is 5.11. The van der Waals surface area contributed by atoms with E-state index in [0.717, 1.165) is 43.8 Å². The lowest BCUT2D eigenvalue weighted by Gasteiger charge is -2.30. The van der Waals surface area contributed by atoms with Crippen LogP contribution in [0.3, 0.4) is 0 Å². The molecule has 0 aromatic heterocycles. The number of hydrogen-bond donors (Lipinski definition) is 1. The molecular weight excluding hydrogens is 266 g/mol. The molecule has 0 unspecified atom stereocenters. The molecule has 0 aliphatic carbocycles. The fourth-order valence-corrected chi connectivity index (χ4v) is 2.47. The Morgan fingerprint density at radius 3 is 2.86 bits per heavy atom. The second-order valence-corrected chi connectivity index (χ2v) is 5.11. The Kier molecular flexibility index (Phi) is 6.55. The van der Waals surface area contributed by atoms with Crippen molar-refractivity contribution in [2.24, 2.45) is 0 Å². The second kappa shape index (κ2) is 8.68. The fourth-order valence-electron chi connectivity index (χ4n) is 2.47. The number of methoxy groups -OCH3 is 1. The summed E-state index contributed by atoms with van der Waals surface area (Å²) >= 11 is 0. The first-order valence-electron chi connectivity index (χ1n) is 7.39. The predicted octanol–water partition coefficient (Wildman–Crippen LogP) is 1.52. The van der Waals surface area contributed by atoms with Crippen LogP contribution in [0.15, 0.2) is 24.3 Å². The summed E-state index contributed by atoms with van der Waals surface area (Å²) in [5, 5.41) is 8.70. The number of aliphatic hydroxyl groups is 1. The van der Waals surface area contributed by atoms with Gasteiger partial charge in [-0.05, 0) is 31.0 Å². The maximum absolute atomic E-state index is 8.70. The molecule has 0 atom stereocenters. The molecule has 0 spiro atoms. The van der Waals surface area contributed by atoms with Gasteiger partial charge < -0.3 is 14.6 Å². The number of rotatable bonds is 5. The van der Waals surface area contributed by atoms with Crippen LogP contribution in [0.2, 0.25) is 0 Å². The summed E-state index contributed by atoms with van der Waals surface area (Å²) in [6, 6.07) is 7.66. The average Bonchev–Trinajstić information content (AvgIpc) is 2.54. The number of nitrogens with zero attached hydrogens (tertiary/aromatic N) is 1.